The maximum absolute atomic E-state index is 12.9. The summed E-state index contributed by atoms with van der Waals surface area (Å²) >= 11 is 0. The predicted octanol–water partition coefficient (Wildman–Crippen LogP) is 5.92. The summed E-state index contributed by atoms with van der Waals surface area (Å²) in [4.78, 5) is 38.2. The highest BCUT2D eigenvalue weighted by Gasteiger charge is 2.18. The Bertz CT molecular complexity index is 1360. The highest BCUT2D eigenvalue weighted by molar-refractivity contribution is 6.09. The summed E-state index contributed by atoms with van der Waals surface area (Å²) in [5, 5.41) is 5.71. The molecule has 0 fully saturated rings. The third-order valence-electron chi connectivity index (χ3n) is 5.84. The van der Waals surface area contributed by atoms with E-state index < -0.39 is 5.92 Å². The lowest BCUT2D eigenvalue weighted by molar-refractivity contribution is -0.117. The third kappa shape index (κ3) is 5.85. The molecule has 180 valence electrons. The zero-order valence-corrected chi connectivity index (χ0v) is 20.0. The zero-order chi connectivity index (χ0) is 25.5. The average Bonchev–Trinajstić information content (AvgIpc) is 2.93. The van der Waals surface area contributed by atoms with Crippen molar-refractivity contribution >= 4 is 29.0 Å². The van der Waals surface area contributed by atoms with Crippen molar-refractivity contribution in [3.8, 4) is 5.75 Å². The molecule has 0 spiro atoms. The number of benzene rings is 4. The van der Waals surface area contributed by atoms with Crippen LogP contribution in [0.3, 0.4) is 0 Å². The molecule has 4 aromatic carbocycles. The second-order valence-electron chi connectivity index (χ2n) is 8.29. The molecule has 36 heavy (non-hydrogen) atoms. The van der Waals surface area contributed by atoms with Crippen LogP contribution in [0.5, 0.6) is 5.75 Å². The summed E-state index contributed by atoms with van der Waals surface area (Å²) in [5.41, 5.74) is 3.56. The third-order valence-corrected chi connectivity index (χ3v) is 5.84. The normalized spacial score (nSPS) is 11.3. The van der Waals surface area contributed by atoms with Crippen LogP contribution in [0.15, 0.2) is 103 Å². The van der Waals surface area contributed by atoms with Gasteiger partial charge in [0.05, 0.1) is 13.0 Å². The zero-order valence-electron chi connectivity index (χ0n) is 20.0. The number of nitrogens with one attached hydrogen (secondary N) is 2. The molecule has 0 aliphatic rings. The van der Waals surface area contributed by atoms with Crippen LogP contribution in [0.4, 0.5) is 11.4 Å². The van der Waals surface area contributed by atoms with Crippen molar-refractivity contribution in [1.29, 1.82) is 0 Å². The molecule has 0 aromatic heterocycles. The number of carbonyl (C=O) groups is 3. The fourth-order valence-corrected chi connectivity index (χ4v) is 3.69. The number of amides is 2. The van der Waals surface area contributed by atoms with Crippen molar-refractivity contribution in [1.82, 2.24) is 0 Å². The van der Waals surface area contributed by atoms with Gasteiger partial charge in [0, 0.05) is 28.1 Å². The first-order chi connectivity index (χ1) is 17.4. The van der Waals surface area contributed by atoms with Crippen molar-refractivity contribution < 1.29 is 19.1 Å². The number of hydrogen-bond acceptors (Lipinski definition) is 4. The minimum absolute atomic E-state index is 0.0893. The van der Waals surface area contributed by atoms with E-state index in [1.165, 1.54) is 0 Å². The lowest BCUT2D eigenvalue weighted by Gasteiger charge is -2.14. The van der Waals surface area contributed by atoms with Gasteiger partial charge in [-0.3, -0.25) is 14.4 Å². The van der Waals surface area contributed by atoms with E-state index >= 15 is 0 Å². The van der Waals surface area contributed by atoms with Crippen molar-refractivity contribution in [2.75, 3.05) is 17.7 Å². The number of methoxy groups -OCH3 is 1. The van der Waals surface area contributed by atoms with E-state index in [-0.39, 0.29) is 17.6 Å². The molecule has 0 aliphatic carbocycles. The van der Waals surface area contributed by atoms with Crippen molar-refractivity contribution in [2.24, 2.45) is 0 Å². The molecule has 6 heteroatoms. The Morgan fingerprint density at radius 1 is 0.667 bits per heavy atom. The molecule has 0 saturated heterocycles. The van der Waals surface area contributed by atoms with E-state index in [1.54, 1.807) is 92.9 Å². The molecule has 1 atom stereocenters. The van der Waals surface area contributed by atoms with E-state index in [9.17, 15) is 14.4 Å². The fourth-order valence-electron chi connectivity index (χ4n) is 3.69. The van der Waals surface area contributed by atoms with Crippen molar-refractivity contribution in [2.45, 2.75) is 12.8 Å². The van der Waals surface area contributed by atoms with Gasteiger partial charge in [0.2, 0.25) is 5.91 Å². The Hall–Kier alpha value is -4.71. The van der Waals surface area contributed by atoms with Gasteiger partial charge in [-0.25, -0.2) is 0 Å². The van der Waals surface area contributed by atoms with E-state index in [0.717, 1.165) is 5.56 Å². The molecular weight excluding hydrogens is 452 g/mol. The monoisotopic (exact) mass is 478 g/mol. The Morgan fingerprint density at radius 2 is 1.28 bits per heavy atom. The molecular formula is C30H26N2O4. The first-order valence-corrected chi connectivity index (χ1v) is 11.5. The lowest BCUT2D eigenvalue weighted by Crippen LogP contribution is -2.19. The van der Waals surface area contributed by atoms with Gasteiger partial charge in [0.1, 0.15) is 5.75 Å². The van der Waals surface area contributed by atoms with Crippen LogP contribution >= 0.6 is 0 Å². The Morgan fingerprint density at radius 3 is 1.94 bits per heavy atom. The van der Waals surface area contributed by atoms with Gasteiger partial charge in [-0.05, 0) is 67.1 Å². The molecule has 0 heterocycles. The van der Waals surface area contributed by atoms with E-state index in [4.69, 9.17) is 4.74 Å². The maximum Gasteiger partial charge on any atom is 0.255 e. The number of anilines is 2. The predicted molar refractivity (Wildman–Crippen MR) is 141 cm³/mol. The van der Waals surface area contributed by atoms with Gasteiger partial charge >= 0.3 is 0 Å². The first-order valence-electron chi connectivity index (χ1n) is 11.5. The van der Waals surface area contributed by atoms with Crippen LogP contribution in [-0.2, 0) is 4.79 Å². The number of hydrogen-bond donors (Lipinski definition) is 2. The largest absolute Gasteiger partial charge is 0.497 e. The Labute approximate surface area is 209 Å². The molecule has 1 unspecified atom stereocenters. The molecule has 6 nitrogen and oxygen atoms in total. The minimum Gasteiger partial charge on any atom is -0.497 e. The van der Waals surface area contributed by atoms with Crippen LogP contribution < -0.4 is 15.4 Å². The van der Waals surface area contributed by atoms with Crippen molar-refractivity contribution in [3.63, 3.8) is 0 Å². The molecule has 4 rings (SSSR count). The average molecular weight is 479 g/mol. The van der Waals surface area contributed by atoms with E-state index in [0.29, 0.717) is 33.8 Å². The van der Waals surface area contributed by atoms with Gasteiger partial charge in [-0.2, -0.15) is 0 Å². The first kappa shape index (κ1) is 24.4. The highest BCUT2D eigenvalue weighted by atomic mass is 16.5. The Kier molecular flexibility index (Phi) is 7.56. The van der Waals surface area contributed by atoms with E-state index in [1.807, 2.05) is 24.3 Å². The van der Waals surface area contributed by atoms with E-state index in [2.05, 4.69) is 10.6 Å². The highest BCUT2D eigenvalue weighted by Crippen LogP contribution is 2.22. The van der Waals surface area contributed by atoms with Crippen molar-refractivity contribution in [3.05, 3.63) is 125 Å². The molecule has 2 N–H and O–H groups in total. The molecule has 4 aromatic rings. The van der Waals surface area contributed by atoms with Gasteiger partial charge in [0.15, 0.2) is 5.78 Å². The smallest absolute Gasteiger partial charge is 0.255 e. The second-order valence-corrected chi connectivity index (χ2v) is 8.29. The standard InChI is InChI=1S/C30H26N2O4/c1-20(23-9-6-10-24(19-23)28(33)21-7-4-3-5-8-21)29(34)31-25-13-11-22(12-14-25)30(35)32-26-15-17-27(36-2)18-16-26/h3-20H,1-2H3,(H,31,34)(H,32,35). The topological polar surface area (TPSA) is 84.5 Å². The van der Waals surface area contributed by atoms with Crippen LogP contribution in [0.1, 0.15) is 44.7 Å². The number of rotatable bonds is 8. The van der Waals surface area contributed by atoms with Crippen LogP contribution in [0, 0.1) is 0 Å². The van der Waals surface area contributed by atoms with Crippen LogP contribution in [0.25, 0.3) is 0 Å². The van der Waals surface area contributed by atoms with Gasteiger partial charge < -0.3 is 15.4 Å². The summed E-state index contributed by atoms with van der Waals surface area (Å²) in [7, 11) is 1.58. The SMILES string of the molecule is COc1ccc(NC(=O)c2ccc(NC(=O)C(C)c3cccc(C(=O)c4ccccc4)c3)cc2)cc1. The van der Waals surface area contributed by atoms with Gasteiger partial charge in [0.25, 0.3) is 5.91 Å². The Balaban J connectivity index is 1.39. The van der Waals surface area contributed by atoms with Gasteiger partial charge in [-0.1, -0.05) is 48.5 Å². The summed E-state index contributed by atoms with van der Waals surface area (Å²) in [6, 6.07) is 29.9. The molecule has 0 bridgehead atoms. The molecule has 0 radical (unpaired) electrons. The molecule has 0 saturated carbocycles. The molecule has 0 aliphatic heterocycles. The number of carbonyl (C=O) groups excluding carboxylic acids is 3. The second kappa shape index (κ2) is 11.1. The number of ketones is 1. The van der Waals surface area contributed by atoms with Gasteiger partial charge in [-0.15, -0.1) is 0 Å². The summed E-state index contributed by atoms with van der Waals surface area (Å²) in [6.07, 6.45) is 0. The summed E-state index contributed by atoms with van der Waals surface area (Å²) in [5.74, 6) is -0.335. The molecule has 2 amide bonds. The lowest BCUT2D eigenvalue weighted by atomic mass is 9.95. The summed E-state index contributed by atoms with van der Waals surface area (Å²) in [6.45, 7) is 1.79. The quantitative estimate of drug-likeness (QED) is 0.308. The maximum atomic E-state index is 12.9. The minimum atomic E-state index is -0.480. The number of ether oxygens (including phenoxy) is 1. The van der Waals surface area contributed by atoms with Crippen LogP contribution in [-0.4, -0.2) is 24.7 Å². The fraction of sp³-hybridized carbons (Fsp3) is 0.100. The summed E-state index contributed by atoms with van der Waals surface area (Å²) < 4.78 is 5.12. The van der Waals surface area contributed by atoms with Crippen LogP contribution in [0.2, 0.25) is 0 Å².